The molecular formula is C16H24ClN3O. The van der Waals surface area contributed by atoms with Crippen molar-refractivity contribution < 1.29 is 4.74 Å². The zero-order chi connectivity index (χ0) is 14.7. The van der Waals surface area contributed by atoms with Gasteiger partial charge < -0.3 is 10.5 Å². The summed E-state index contributed by atoms with van der Waals surface area (Å²) >= 11 is 6.32. The van der Waals surface area contributed by atoms with Gasteiger partial charge in [-0.15, -0.1) is 0 Å². The standard InChI is InChI=1S/C16H24ClN3O/c17-15-4-1-3-13-14(15)12-20(16(13)11-18)6-2-5-19-7-9-21-10-8-19/h1,3-4,16H,2,5-12,18H2. The molecule has 2 aliphatic heterocycles. The lowest BCUT2D eigenvalue weighted by molar-refractivity contribution is 0.0355. The molecule has 0 spiro atoms. The molecule has 2 aliphatic rings. The van der Waals surface area contributed by atoms with E-state index in [-0.39, 0.29) is 0 Å². The zero-order valence-electron chi connectivity index (χ0n) is 12.4. The molecule has 1 saturated heterocycles. The summed E-state index contributed by atoms with van der Waals surface area (Å²) in [6.45, 7) is 7.67. The summed E-state index contributed by atoms with van der Waals surface area (Å²) in [4.78, 5) is 4.95. The fraction of sp³-hybridized carbons (Fsp3) is 0.625. The van der Waals surface area contributed by atoms with Gasteiger partial charge in [0.05, 0.1) is 13.2 Å². The van der Waals surface area contributed by atoms with E-state index in [4.69, 9.17) is 22.1 Å². The van der Waals surface area contributed by atoms with E-state index < -0.39 is 0 Å². The van der Waals surface area contributed by atoms with Crippen molar-refractivity contribution in [2.24, 2.45) is 5.73 Å². The van der Waals surface area contributed by atoms with Crippen LogP contribution in [0, 0.1) is 0 Å². The number of ether oxygens (including phenoxy) is 1. The van der Waals surface area contributed by atoms with Crippen LogP contribution in [0.4, 0.5) is 0 Å². The second-order valence-electron chi connectivity index (χ2n) is 5.84. The van der Waals surface area contributed by atoms with Crippen LogP contribution >= 0.6 is 11.6 Å². The van der Waals surface area contributed by atoms with Crippen molar-refractivity contribution in [3.63, 3.8) is 0 Å². The summed E-state index contributed by atoms with van der Waals surface area (Å²) in [7, 11) is 0. The Balaban J connectivity index is 1.55. The molecule has 0 saturated carbocycles. The summed E-state index contributed by atoms with van der Waals surface area (Å²) < 4.78 is 5.39. The van der Waals surface area contributed by atoms with Gasteiger partial charge in [-0.3, -0.25) is 9.80 Å². The van der Waals surface area contributed by atoms with Gasteiger partial charge in [0.2, 0.25) is 0 Å². The third-order valence-corrected chi connectivity index (χ3v) is 4.92. The Morgan fingerprint density at radius 2 is 2.05 bits per heavy atom. The molecular weight excluding hydrogens is 286 g/mol. The SMILES string of the molecule is NCC1c2cccc(Cl)c2CN1CCCN1CCOCC1. The van der Waals surface area contributed by atoms with Crippen LogP contribution in [0.1, 0.15) is 23.6 Å². The first-order chi connectivity index (χ1) is 10.3. The predicted molar refractivity (Wildman–Crippen MR) is 85.5 cm³/mol. The minimum absolute atomic E-state index is 0.323. The Morgan fingerprint density at radius 1 is 1.24 bits per heavy atom. The van der Waals surface area contributed by atoms with Crippen LogP contribution in [0.5, 0.6) is 0 Å². The first kappa shape index (κ1) is 15.3. The number of nitrogens with two attached hydrogens (primary N) is 1. The van der Waals surface area contributed by atoms with Crippen LogP contribution < -0.4 is 5.73 Å². The van der Waals surface area contributed by atoms with Gasteiger partial charge >= 0.3 is 0 Å². The van der Waals surface area contributed by atoms with E-state index in [1.165, 1.54) is 17.5 Å². The van der Waals surface area contributed by atoms with Gasteiger partial charge in [-0.1, -0.05) is 23.7 Å². The molecule has 1 atom stereocenters. The molecule has 1 aromatic rings. The van der Waals surface area contributed by atoms with Crippen molar-refractivity contribution in [1.82, 2.24) is 9.80 Å². The second kappa shape index (κ2) is 7.07. The Bertz CT molecular complexity index is 477. The minimum atomic E-state index is 0.323. The van der Waals surface area contributed by atoms with Gasteiger partial charge in [-0.2, -0.15) is 0 Å². The number of hydrogen-bond acceptors (Lipinski definition) is 4. The fourth-order valence-electron chi connectivity index (χ4n) is 3.40. The molecule has 1 aromatic carbocycles. The second-order valence-corrected chi connectivity index (χ2v) is 6.24. The van der Waals surface area contributed by atoms with Crippen LogP contribution in [-0.2, 0) is 11.3 Å². The third-order valence-electron chi connectivity index (χ3n) is 4.56. The van der Waals surface area contributed by atoms with Gasteiger partial charge in [0.1, 0.15) is 0 Å². The molecule has 116 valence electrons. The quantitative estimate of drug-likeness (QED) is 0.902. The number of rotatable bonds is 5. The molecule has 2 N–H and O–H groups in total. The molecule has 2 heterocycles. The zero-order valence-corrected chi connectivity index (χ0v) is 13.2. The maximum absolute atomic E-state index is 6.32. The highest BCUT2D eigenvalue weighted by atomic mass is 35.5. The highest BCUT2D eigenvalue weighted by molar-refractivity contribution is 6.31. The van der Waals surface area contributed by atoms with Gasteiger partial charge in [0, 0.05) is 43.8 Å². The van der Waals surface area contributed by atoms with Crippen LogP contribution in [0.2, 0.25) is 5.02 Å². The lowest BCUT2D eigenvalue weighted by atomic mass is 10.1. The molecule has 5 heteroatoms. The van der Waals surface area contributed by atoms with Crippen molar-refractivity contribution in [2.75, 3.05) is 45.9 Å². The van der Waals surface area contributed by atoms with Crippen molar-refractivity contribution in [3.8, 4) is 0 Å². The van der Waals surface area contributed by atoms with Gasteiger partial charge in [0.25, 0.3) is 0 Å². The fourth-order valence-corrected chi connectivity index (χ4v) is 3.64. The smallest absolute Gasteiger partial charge is 0.0594 e. The van der Waals surface area contributed by atoms with Crippen molar-refractivity contribution >= 4 is 11.6 Å². The maximum atomic E-state index is 6.32. The third kappa shape index (κ3) is 3.41. The monoisotopic (exact) mass is 309 g/mol. The van der Waals surface area contributed by atoms with Crippen molar-refractivity contribution in [1.29, 1.82) is 0 Å². The summed E-state index contributed by atoms with van der Waals surface area (Å²) in [5.74, 6) is 0. The molecule has 1 unspecified atom stereocenters. The maximum Gasteiger partial charge on any atom is 0.0594 e. The molecule has 0 amide bonds. The molecule has 0 aliphatic carbocycles. The van der Waals surface area contributed by atoms with Crippen LogP contribution in [0.3, 0.4) is 0 Å². The number of halogens is 1. The van der Waals surface area contributed by atoms with E-state index >= 15 is 0 Å². The predicted octanol–water partition coefficient (Wildman–Crippen LogP) is 1.88. The topological polar surface area (TPSA) is 41.7 Å². The van der Waals surface area contributed by atoms with Crippen LogP contribution in [-0.4, -0.2) is 55.7 Å². The molecule has 3 rings (SSSR count). The molecule has 21 heavy (non-hydrogen) atoms. The number of hydrogen-bond donors (Lipinski definition) is 1. The van der Waals surface area contributed by atoms with E-state index in [0.29, 0.717) is 12.6 Å². The van der Waals surface area contributed by atoms with Gasteiger partial charge in [0.15, 0.2) is 0 Å². The van der Waals surface area contributed by atoms with Gasteiger partial charge in [-0.05, 0) is 30.2 Å². The number of fused-ring (bicyclic) bond motifs is 1. The summed E-state index contributed by atoms with van der Waals surface area (Å²) in [6.07, 6.45) is 1.17. The largest absolute Gasteiger partial charge is 0.379 e. The summed E-state index contributed by atoms with van der Waals surface area (Å²) in [5, 5.41) is 0.877. The lowest BCUT2D eigenvalue weighted by Gasteiger charge is -2.28. The first-order valence-electron chi connectivity index (χ1n) is 7.81. The Hall–Kier alpha value is -0.650. The highest BCUT2D eigenvalue weighted by Gasteiger charge is 2.30. The minimum Gasteiger partial charge on any atom is -0.379 e. The molecule has 0 radical (unpaired) electrons. The molecule has 4 nitrogen and oxygen atoms in total. The Kier molecular flexibility index (Phi) is 5.14. The average molecular weight is 310 g/mol. The molecule has 1 fully saturated rings. The van der Waals surface area contributed by atoms with E-state index in [1.807, 2.05) is 12.1 Å². The molecule has 0 aromatic heterocycles. The van der Waals surface area contributed by atoms with Crippen molar-refractivity contribution in [3.05, 3.63) is 34.3 Å². The molecule has 0 bridgehead atoms. The lowest BCUT2D eigenvalue weighted by Crippen LogP contribution is -2.38. The van der Waals surface area contributed by atoms with Crippen LogP contribution in [0.15, 0.2) is 18.2 Å². The number of morpholine rings is 1. The summed E-state index contributed by atoms with van der Waals surface area (Å²) in [6, 6.07) is 6.50. The van der Waals surface area contributed by atoms with E-state index in [9.17, 15) is 0 Å². The summed E-state index contributed by atoms with van der Waals surface area (Å²) in [5.41, 5.74) is 8.57. The van der Waals surface area contributed by atoms with Gasteiger partial charge in [-0.25, -0.2) is 0 Å². The van der Waals surface area contributed by atoms with Crippen molar-refractivity contribution in [2.45, 2.75) is 19.0 Å². The average Bonchev–Trinajstić information content (AvgIpc) is 2.87. The van der Waals surface area contributed by atoms with E-state index in [0.717, 1.165) is 51.0 Å². The number of benzene rings is 1. The Labute approximate surface area is 131 Å². The highest BCUT2D eigenvalue weighted by Crippen LogP contribution is 2.36. The van der Waals surface area contributed by atoms with Crippen LogP contribution in [0.25, 0.3) is 0 Å². The normalized spacial score (nSPS) is 23.4. The number of nitrogens with zero attached hydrogens (tertiary/aromatic N) is 2. The Morgan fingerprint density at radius 3 is 2.81 bits per heavy atom. The van der Waals surface area contributed by atoms with E-state index in [2.05, 4.69) is 15.9 Å². The van der Waals surface area contributed by atoms with E-state index in [1.54, 1.807) is 0 Å². The first-order valence-corrected chi connectivity index (χ1v) is 8.19.